The monoisotopic (exact) mass is 473 g/mol. The minimum Gasteiger partial charge on any atom is -0.493 e. The molecule has 2 N–H and O–H groups in total. The van der Waals surface area contributed by atoms with E-state index in [4.69, 9.17) is 0 Å². The van der Waals surface area contributed by atoms with Gasteiger partial charge in [0.25, 0.3) is 5.56 Å². The largest absolute Gasteiger partial charge is 0.493 e. The lowest BCUT2D eigenvalue weighted by Crippen LogP contribution is -2.24. The van der Waals surface area contributed by atoms with Gasteiger partial charge in [0.1, 0.15) is 11.6 Å². The van der Waals surface area contributed by atoms with Crippen LogP contribution in [-0.2, 0) is 16.6 Å². The first-order chi connectivity index (χ1) is 15.8. The molecule has 0 spiro atoms. The number of aromatic nitrogens is 1. The zero-order chi connectivity index (χ0) is 24.4. The molecule has 0 aliphatic rings. The van der Waals surface area contributed by atoms with Crippen molar-refractivity contribution >= 4 is 21.4 Å². The van der Waals surface area contributed by atoms with E-state index in [1.807, 2.05) is 13.0 Å². The van der Waals surface area contributed by atoms with Gasteiger partial charge < -0.3 is 5.11 Å². The second-order valence-corrected chi connectivity index (χ2v) is 9.51. The van der Waals surface area contributed by atoms with Gasteiger partial charge in [-0.1, -0.05) is 39.5 Å². The van der Waals surface area contributed by atoms with Gasteiger partial charge in [-0.2, -0.15) is 10.4 Å². The molecule has 2 aromatic rings. The normalized spacial score (nSPS) is 11.7. The maximum absolute atomic E-state index is 12.6. The van der Waals surface area contributed by atoms with E-state index in [9.17, 15) is 23.6 Å². The number of hydrogen-bond donors (Lipinski definition) is 2. The first-order valence-corrected chi connectivity index (χ1v) is 12.6. The second kappa shape index (κ2) is 12.3. The summed E-state index contributed by atoms with van der Waals surface area (Å²) in [6.45, 7) is 6.24. The Morgan fingerprint density at radius 2 is 1.73 bits per heavy atom. The zero-order valence-electron chi connectivity index (χ0n) is 19.3. The van der Waals surface area contributed by atoms with Crippen LogP contribution in [0.25, 0.3) is 0 Å². The molecule has 1 heterocycles. The van der Waals surface area contributed by atoms with E-state index in [1.54, 1.807) is 0 Å². The van der Waals surface area contributed by atoms with Crippen molar-refractivity contribution in [2.24, 2.45) is 10.2 Å². The summed E-state index contributed by atoms with van der Waals surface area (Å²) < 4.78 is 28.3. The third kappa shape index (κ3) is 6.73. The van der Waals surface area contributed by atoms with Crippen LogP contribution in [0.5, 0.6) is 5.88 Å². The highest BCUT2D eigenvalue weighted by Gasteiger charge is 2.19. The average Bonchev–Trinajstić information content (AvgIpc) is 2.79. The predicted octanol–water partition coefficient (Wildman–Crippen LogP) is 4.81. The van der Waals surface area contributed by atoms with E-state index >= 15 is 0 Å². The van der Waals surface area contributed by atoms with Crippen molar-refractivity contribution in [3.63, 3.8) is 0 Å². The molecule has 0 fully saturated rings. The van der Waals surface area contributed by atoms with E-state index in [-0.39, 0.29) is 34.1 Å². The fourth-order valence-corrected chi connectivity index (χ4v) is 4.30. The number of azo groups is 1. The van der Waals surface area contributed by atoms with Crippen molar-refractivity contribution in [1.29, 1.82) is 5.26 Å². The summed E-state index contributed by atoms with van der Waals surface area (Å²) in [5, 5.41) is 28.3. The molecule has 0 atom stereocenters. The molecule has 0 amide bonds. The fourth-order valence-electron chi connectivity index (χ4n) is 3.23. The smallest absolute Gasteiger partial charge is 0.271 e. The van der Waals surface area contributed by atoms with E-state index in [1.165, 1.54) is 31.2 Å². The van der Waals surface area contributed by atoms with Gasteiger partial charge in [0.05, 0.1) is 10.6 Å². The van der Waals surface area contributed by atoms with Crippen LogP contribution in [0.15, 0.2) is 44.2 Å². The van der Waals surface area contributed by atoms with Gasteiger partial charge in [-0.3, -0.25) is 9.36 Å². The minimum absolute atomic E-state index is 0.0413. The summed E-state index contributed by atoms with van der Waals surface area (Å²) >= 11 is 0. The molecule has 9 nitrogen and oxygen atoms in total. The number of nitrogens with zero attached hydrogens (tertiary/aromatic N) is 4. The lowest BCUT2D eigenvalue weighted by molar-refractivity contribution is 0.399. The molecule has 1 aromatic heterocycles. The minimum atomic E-state index is -3.60. The zero-order valence-corrected chi connectivity index (χ0v) is 20.2. The quantitative estimate of drug-likeness (QED) is 0.337. The number of nitriles is 1. The topological polar surface area (TPSA) is 137 Å². The molecular formula is C23H31N5O4S. The Labute approximate surface area is 194 Å². The maximum atomic E-state index is 12.6. The molecule has 10 heteroatoms. The van der Waals surface area contributed by atoms with Gasteiger partial charge in [0.15, 0.2) is 5.69 Å². The van der Waals surface area contributed by atoms with Gasteiger partial charge >= 0.3 is 0 Å². The van der Waals surface area contributed by atoms with Gasteiger partial charge in [-0.15, -0.1) is 5.11 Å². The van der Waals surface area contributed by atoms with Crippen molar-refractivity contribution in [1.82, 2.24) is 9.29 Å². The van der Waals surface area contributed by atoms with Crippen LogP contribution in [0.1, 0.15) is 63.5 Å². The lowest BCUT2D eigenvalue weighted by atomic mass is 10.1. The summed E-state index contributed by atoms with van der Waals surface area (Å²) in [7, 11) is -3.60. The molecule has 178 valence electrons. The third-order valence-electron chi connectivity index (χ3n) is 5.24. The molecule has 0 saturated heterocycles. The standard InChI is InChI=1S/C23H31N5O4S/c1-4-6-8-9-15-28-22(29)20(16-24)17(3)21(23(28)30)27-26-18-10-12-19(13-11-18)33(31,32)25-14-7-5-2/h10-13,25,30H,4-9,14-15H2,1-3H3/b27-26+. The Balaban J connectivity index is 2.31. The number of benzene rings is 1. The molecule has 0 unspecified atom stereocenters. The first kappa shape index (κ1) is 26.2. The molecule has 0 bridgehead atoms. The number of unbranched alkanes of at least 4 members (excludes halogenated alkanes) is 4. The van der Waals surface area contributed by atoms with Crippen molar-refractivity contribution in [2.75, 3.05) is 6.54 Å². The summed E-state index contributed by atoms with van der Waals surface area (Å²) in [5.74, 6) is -0.337. The van der Waals surface area contributed by atoms with Crippen LogP contribution in [0, 0.1) is 18.3 Å². The Morgan fingerprint density at radius 1 is 1.06 bits per heavy atom. The molecule has 0 aliphatic heterocycles. The molecule has 0 radical (unpaired) electrons. The summed E-state index contributed by atoms with van der Waals surface area (Å²) in [4.78, 5) is 12.7. The molecule has 33 heavy (non-hydrogen) atoms. The molecule has 1 aromatic carbocycles. The number of rotatable bonds is 12. The molecule has 2 rings (SSSR count). The van der Waals surface area contributed by atoms with Crippen molar-refractivity contribution < 1.29 is 13.5 Å². The van der Waals surface area contributed by atoms with E-state index in [2.05, 4.69) is 21.9 Å². The Hall–Kier alpha value is -3.03. The average molecular weight is 474 g/mol. The van der Waals surface area contributed by atoms with Crippen LogP contribution < -0.4 is 10.3 Å². The van der Waals surface area contributed by atoms with Gasteiger partial charge in [0.2, 0.25) is 15.9 Å². The number of pyridine rings is 1. The summed E-state index contributed by atoms with van der Waals surface area (Å²) in [6, 6.07) is 7.73. The van der Waals surface area contributed by atoms with Crippen molar-refractivity contribution in [3.8, 4) is 11.9 Å². The van der Waals surface area contributed by atoms with Crippen LogP contribution in [0.3, 0.4) is 0 Å². The van der Waals surface area contributed by atoms with Crippen molar-refractivity contribution in [2.45, 2.75) is 70.7 Å². The number of sulfonamides is 1. The van der Waals surface area contributed by atoms with Crippen molar-refractivity contribution in [3.05, 3.63) is 45.7 Å². The summed E-state index contributed by atoms with van der Waals surface area (Å²) in [6.07, 6.45) is 5.27. The number of aromatic hydroxyl groups is 1. The lowest BCUT2D eigenvalue weighted by Gasteiger charge is -2.13. The van der Waals surface area contributed by atoms with Crippen LogP contribution >= 0.6 is 0 Å². The number of nitrogens with one attached hydrogen (secondary N) is 1. The Kier molecular flexibility index (Phi) is 9.75. The first-order valence-electron chi connectivity index (χ1n) is 11.1. The van der Waals surface area contributed by atoms with Crippen LogP contribution in [-0.4, -0.2) is 24.6 Å². The van der Waals surface area contributed by atoms with Gasteiger partial charge in [-0.25, -0.2) is 13.1 Å². The van der Waals surface area contributed by atoms with Crippen LogP contribution in [0.4, 0.5) is 11.4 Å². The Morgan fingerprint density at radius 3 is 2.33 bits per heavy atom. The van der Waals surface area contributed by atoms with Gasteiger partial charge in [0, 0.05) is 18.7 Å². The fraction of sp³-hybridized carbons (Fsp3) is 0.478. The van der Waals surface area contributed by atoms with Gasteiger partial charge in [-0.05, 0) is 44.0 Å². The van der Waals surface area contributed by atoms with E-state index in [0.29, 0.717) is 18.7 Å². The highest BCUT2D eigenvalue weighted by molar-refractivity contribution is 7.89. The molecular weight excluding hydrogens is 442 g/mol. The maximum Gasteiger partial charge on any atom is 0.271 e. The highest BCUT2D eigenvalue weighted by atomic mass is 32.2. The van der Waals surface area contributed by atoms with Crippen LogP contribution in [0.2, 0.25) is 0 Å². The predicted molar refractivity (Wildman–Crippen MR) is 127 cm³/mol. The second-order valence-electron chi connectivity index (χ2n) is 7.75. The van der Waals surface area contributed by atoms with E-state index < -0.39 is 15.6 Å². The third-order valence-corrected chi connectivity index (χ3v) is 6.72. The van der Waals surface area contributed by atoms with E-state index in [0.717, 1.165) is 36.7 Å². The summed E-state index contributed by atoms with van der Waals surface area (Å²) in [5.41, 5.74) is 0.0119. The molecule has 0 aliphatic carbocycles. The SMILES string of the molecule is CCCCCCn1c(O)c(/N=N/c2ccc(S(=O)(=O)NCCCC)cc2)c(C)c(C#N)c1=O. The number of hydrogen-bond acceptors (Lipinski definition) is 7. The molecule has 0 saturated carbocycles. The highest BCUT2D eigenvalue weighted by Crippen LogP contribution is 2.32. The Bertz CT molecular complexity index is 1180.